The molecule has 0 bridgehead atoms. The maximum Gasteiger partial charge on any atom is 0.256 e. The van der Waals surface area contributed by atoms with E-state index in [1.807, 2.05) is 4.57 Å². The van der Waals surface area contributed by atoms with Gasteiger partial charge in [-0.3, -0.25) is 9.36 Å². The Bertz CT molecular complexity index is 1720. The second kappa shape index (κ2) is 14.4. The first kappa shape index (κ1) is 40.8. The number of carbonyl (C=O) groups excluding carboxylic acids is 1. The number of aldehydes is 1. The molecule has 5 atom stereocenters. The van der Waals surface area contributed by atoms with Crippen molar-refractivity contribution in [3.05, 3.63) is 18.2 Å². The number of fused-ring (bicyclic) bond motifs is 1. The number of nitrogens with one attached hydrogen (secondary N) is 1. The molecule has 5 unspecified atom stereocenters. The van der Waals surface area contributed by atoms with E-state index >= 15 is 0 Å². The summed E-state index contributed by atoms with van der Waals surface area (Å²) in [5.74, 6) is 0.771. The minimum absolute atomic E-state index is 0.0184. The Balaban J connectivity index is 1.68. The van der Waals surface area contributed by atoms with Crippen LogP contribution in [0.15, 0.2) is 12.5 Å². The molecule has 2 saturated heterocycles. The molecule has 2 aliphatic heterocycles. The van der Waals surface area contributed by atoms with E-state index in [-0.39, 0.29) is 32.8 Å². The lowest BCUT2D eigenvalue weighted by Gasteiger charge is -2.44. The normalized spacial score (nSPS) is 23.9. The van der Waals surface area contributed by atoms with Crippen LogP contribution >= 0.6 is 0 Å². The molecule has 0 aromatic carbocycles. The molecule has 14 nitrogen and oxygen atoms in total. The molecular formula is C35H62N8O6Si3. The molecule has 3 aromatic rings. The zero-order valence-corrected chi connectivity index (χ0v) is 37.0. The number of anilines is 1. The van der Waals surface area contributed by atoms with Gasteiger partial charge in [0.2, 0.25) is 0 Å². The topological polar surface area (TPSA) is 150 Å². The maximum atomic E-state index is 11.5. The third-order valence-electron chi connectivity index (χ3n) is 12.0. The van der Waals surface area contributed by atoms with E-state index in [9.17, 15) is 4.79 Å². The largest absolute Gasteiger partial charge is 0.414 e. The Labute approximate surface area is 312 Å². The van der Waals surface area contributed by atoms with E-state index in [1.54, 1.807) is 6.33 Å². The van der Waals surface area contributed by atoms with Crippen LogP contribution in [0.5, 0.6) is 0 Å². The van der Waals surface area contributed by atoms with Gasteiger partial charge in [0.15, 0.2) is 54.4 Å². The third kappa shape index (κ3) is 8.30. The first-order valence-electron chi connectivity index (χ1n) is 18.5. The molecule has 0 amide bonds. The molecule has 5 rings (SSSR count). The number of imidazole rings is 1. The van der Waals surface area contributed by atoms with E-state index in [4.69, 9.17) is 37.7 Å². The fraction of sp³-hybridized carbons (Fsp3) is 0.771. The van der Waals surface area contributed by atoms with Crippen LogP contribution in [-0.2, 0) is 22.8 Å². The highest BCUT2D eigenvalue weighted by molar-refractivity contribution is 6.75. The average Bonchev–Trinajstić information content (AvgIpc) is 3.82. The maximum absolute atomic E-state index is 11.5. The minimum atomic E-state index is -2.40. The number of hydrogen-bond acceptors (Lipinski definition) is 12. The summed E-state index contributed by atoms with van der Waals surface area (Å²) in [5, 5.41) is 11.5. The zero-order valence-electron chi connectivity index (χ0n) is 34.0. The molecule has 2 aliphatic rings. The van der Waals surface area contributed by atoms with E-state index in [2.05, 4.69) is 117 Å². The zero-order chi connectivity index (χ0) is 38.7. The number of nitrogens with zero attached hydrogens (tertiary/aromatic N) is 7. The molecule has 1 N–H and O–H groups in total. The lowest BCUT2D eigenvalue weighted by Crippen LogP contribution is -2.54. The van der Waals surface area contributed by atoms with Crippen molar-refractivity contribution in [2.45, 2.75) is 154 Å². The van der Waals surface area contributed by atoms with Crippen molar-refractivity contribution in [2.75, 3.05) is 25.1 Å². The van der Waals surface area contributed by atoms with Gasteiger partial charge in [-0.15, -0.1) is 5.10 Å². The molecule has 5 heterocycles. The molecule has 52 heavy (non-hydrogen) atoms. The van der Waals surface area contributed by atoms with Crippen LogP contribution in [0.4, 0.5) is 5.82 Å². The molecule has 2 fully saturated rings. The summed E-state index contributed by atoms with van der Waals surface area (Å²) in [4.78, 5) is 26.2. The van der Waals surface area contributed by atoms with Gasteiger partial charge in [0.05, 0.1) is 31.8 Å². The minimum Gasteiger partial charge on any atom is -0.414 e. The molecule has 17 heteroatoms. The number of rotatable bonds is 12. The SMILES string of the molecule is CC(C)(C)[Si](C)(C)OCC1OC(n2cnc3c(NC4CCOC4)nc(-n4cc(C=O)nn4)nc32)C(O[Si](C)(C)C(C)(C)C)C1O[Si](C)(C)C(C)(C)C. The Morgan fingerprint density at radius 3 is 2.06 bits per heavy atom. The monoisotopic (exact) mass is 774 g/mol. The molecule has 0 saturated carbocycles. The van der Waals surface area contributed by atoms with Crippen molar-refractivity contribution < 1.29 is 27.5 Å². The predicted octanol–water partition coefficient (Wildman–Crippen LogP) is 7.12. The van der Waals surface area contributed by atoms with Crippen LogP contribution in [0.25, 0.3) is 17.1 Å². The standard InChI is InChI=1S/C35H62N8O6Si3/c1-33(2,3)50(10,11)46-21-25-27(48-51(12,13)34(4,5)6)28(49-52(14,15)35(7,8)9)31(47-25)42-22-36-26-29(37-23-16-17-45-20-23)38-32(39-30(26)42)43-18-24(19-44)40-41-43/h18-19,22-23,25,27-28,31H,16-17,20-21H2,1-15H3,(H,37,38,39). The van der Waals surface area contributed by atoms with E-state index in [0.29, 0.717) is 43.1 Å². The highest BCUT2D eigenvalue weighted by Crippen LogP contribution is 2.47. The van der Waals surface area contributed by atoms with Gasteiger partial charge in [-0.25, -0.2) is 4.98 Å². The fourth-order valence-electron chi connectivity index (χ4n) is 5.44. The smallest absolute Gasteiger partial charge is 0.256 e. The second-order valence-corrected chi connectivity index (χ2v) is 33.3. The quantitative estimate of drug-likeness (QED) is 0.148. The highest BCUT2D eigenvalue weighted by atomic mass is 28.4. The summed E-state index contributed by atoms with van der Waals surface area (Å²) >= 11 is 0. The molecule has 290 valence electrons. The predicted molar refractivity (Wildman–Crippen MR) is 210 cm³/mol. The molecule has 0 radical (unpaired) electrons. The van der Waals surface area contributed by atoms with E-state index in [0.717, 1.165) is 6.42 Å². The number of hydrogen-bond donors (Lipinski definition) is 1. The van der Waals surface area contributed by atoms with Gasteiger partial charge in [0.1, 0.15) is 24.0 Å². The van der Waals surface area contributed by atoms with E-state index < -0.39 is 49.5 Å². The van der Waals surface area contributed by atoms with Crippen molar-refractivity contribution in [2.24, 2.45) is 0 Å². The lowest BCUT2D eigenvalue weighted by atomic mass is 10.1. The second-order valence-electron chi connectivity index (χ2n) is 18.9. The highest BCUT2D eigenvalue weighted by Gasteiger charge is 2.55. The van der Waals surface area contributed by atoms with Crippen molar-refractivity contribution in [1.29, 1.82) is 0 Å². The van der Waals surface area contributed by atoms with Gasteiger partial charge >= 0.3 is 0 Å². The van der Waals surface area contributed by atoms with Gasteiger partial charge in [-0.1, -0.05) is 67.5 Å². The van der Waals surface area contributed by atoms with Crippen molar-refractivity contribution >= 4 is 48.2 Å². The first-order valence-corrected chi connectivity index (χ1v) is 27.2. The number of carbonyl (C=O) groups is 1. The van der Waals surface area contributed by atoms with Crippen LogP contribution < -0.4 is 5.32 Å². The van der Waals surface area contributed by atoms with Gasteiger partial charge < -0.3 is 28.1 Å². The van der Waals surface area contributed by atoms with Crippen molar-refractivity contribution in [3.8, 4) is 5.95 Å². The Morgan fingerprint density at radius 1 is 0.904 bits per heavy atom. The summed E-state index contributed by atoms with van der Waals surface area (Å²) in [6.07, 6.45) is 2.76. The van der Waals surface area contributed by atoms with Gasteiger partial charge in [-0.05, 0) is 60.8 Å². The van der Waals surface area contributed by atoms with E-state index in [1.165, 1.54) is 10.9 Å². The third-order valence-corrected chi connectivity index (χ3v) is 25.4. The Hall–Kier alpha value is -2.39. The number of aromatic nitrogens is 7. The van der Waals surface area contributed by atoms with Gasteiger partial charge in [0, 0.05) is 6.61 Å². The Morgan fingerprint density at radius 2 is 1.52 bits per heavy atom. The fourth-order valence-corrected chi connectivity index (χ4v) is 9.06. The van der Waals surface area contributed by atoms with Gasteiger partial charge in [0.25, 0.3) is 5.95 Å². The summed E-state index contributed by atoms with van der Waals surface area (Å²) in [6, 6.07) is 0.0500. The lowest BCUT2D eigenvalue weighted by molar-refractivity contribution is -0.0470. The Kier molecular flexibility index (Phi) is 11.3. The van der Waals surface area contributed by atoms with Crippen LogP contribution in [0.2, 0.25) is 54.4 Å². The summed E-state index contributed by atoms with van der Waals surface area (Å²) in [6.45, 7) is 35.4. The molecule has 0 aliphatic carbocycles. The van der Waals surface area contributed by atoms with Crippen molar-refractivity contribution in [1.82, 2.24) is 34.5 Å². The summed E-state index contributed by atoms with van der Waals surface area (Å²) < 4.78 is 37.8. The van der Waals surface area contributed by atoms with Crippen LogP contribution in [0, 0.1) is 0 Å². The summed E-state index contributed by atoms with van der Waals surface area (Å²) in [7, 11) is -6.90. The van der Waals surface area contributed by atoms with Crippen LogP contribution in [0.1, 0.15) is 85.5 Å². The summed E-state index contributed by atoms with van der Waals surface area (Å²) in [5.41, 5.74) is 1.28. The molecular weight excluding hydrogens is 713 g/mol. The van der Waals surface area contributed by atoms with Crippen LogP contribution in [-0.4, -0.2) is 110 Å². The molecule has 3 aromatic heterocycles. The van der Waals surface area contributed by atoms with Crippen LogP contribution in [0.3, 0.4) is 0 Å². The number of ether oxygens (including phenoxy) is 2. The van der Waals surface area contributed by atoms with Crippen molar-refractivity contribution in [3.63, 3.8) is 0 Å². The van der Waals surface area contributed by atoms with Gasteiger partial charge in [-0.2, -0.15) is 14.6 Å². The average molecular weight is 775 g/mol. The first-order chi connectivity index (χ1) is 23.8. The molecule has 0 spiro atoms.